The van der Waals surface area contributed by atoms with Crippen LogP contribution in [0.15, 0.2) is 132 Å². The Morgan fingerprint density at radius 2 is 0.771 bits per heavy atom. The number of hydrogen-bond acceptors (Lipinski definition) is 2. The van der Waals surface area contributed by atoms with Crippen molar-refractivity contribution in [2.24, 2.45) is 5.10 Å². The highest BCUT2D eigenvalue weighted by atomic mass is 15.3. The molecule has 35 heavy (non-hydrogen) atoms. The highest BCUT2D eigenvalue weighted by Crippen LogP contribution is 2.46. The van der Waals surface area contributed by atoms with Gasteiger partial charge in [0.25, 0.3) is 0 Å². The molecule has 2 nitrogen and oxygen atoms in total. The molecule has 0 spiro atoms. The Balaban J connectivity index is 1.46. The van der Waals surface area contributed by atoms with E-state index in [1.54, 1.807) is 0 Å². The first-order valence-electron chi connectivity index (χ1n) is 11.9. The van der Waals surface area contributed by atoms with Crippen molar-refractivity contribution in [2.75, 3.05) is 0 Å². The Hall–Kier alpha value is -4.69. The van der Waals surface area contributed by atoms with Gasteiger partial charge in [0.15, 0.2) is 0 Å². The van der Waals surface area contributed by atoms with Gasteiger partial charge in [-0.3, -0.25) is 5.43 Å². The van der Waals surface area contributed by atoms with Crippen LogP contribution in [-0.2, 0) is 0 Å². The third-order valence-electron chi connectivity index (χ3n) is 6.93. The molecule has 0 aromatic heterocycles. The van der Waals surface area contributed by atoms with Crippen LogP contribution in [0.1, 0.15) is 27.8 Å². The minimum absolute atomic E-state index is 0.977. The van der Waals surface area contributed by atoms with Crippen LogP contribution in [0.2, 0.25) is 0 Å². The van der Waals surface area contributed by atoms with E-state index in [0.717, 1.165) is 28.1 Å². The summed E-state index contributed by atoms with van der Waals surface area (Å²) < 4.78 is 0. The zero-order chi connectivity index (χ0) is 23.2. The maximum absolute atomic E-state index is 5.08. The van der Waals surface area contributed by atoms with Crippen molar-refractivity contribution in [3.63, 3.8) is 0 Å². The number of hydrogen-bond donors (Lipinski definition) is 1. The summed E-state index contributed by atoms with van der Waals surface area (Å²) in [7, 11) is 0. The van der Waals surface area contributed by atoms with Gasteiger partial charge in [-0.2, -0.15) is 5.10 Å². The molecule has 2 aliphatic carbocycles. The lowest BCUT2D eigenvalue weighted by Crippen LogP contribution is -2.12. The maximum Gasteiger partial charge on any atom is 0.0990 e. The molecule has 0 bridgehead atoms. The van der Waals surface area contributed by atoms with Gasteiger partial charge in [0.05, 0.1) is 11.4 Å². The first-order valence-corrected chi connectivity index (χ1v) is 11.9. The molecule has 5 aromatic rings. The minimum Gasteiger partial charge on any atom is -0.277 e. The second-order valence-corrected chi connectivity index (χ2v) is 8.87. The van der Waals surface area contributed by atoms with Crippen LogP contribution in [0.3, 0.4) is 0 Å². The summed E-state index contributed by atoms with van der Waals surface area (Å²) in [4.78, 5) is 0. The predicted octanol–water partition coefficient (Wildman–Crippen LogP) is 7.61. The van der Waals surface area contributed by atoms with Gasteiger partial charge < -0.3 is 0 Å². The third kappa shape index (κ3) is 3.08. The molecule has 7 rings (SSSR count). The quantitative estimate of drug-likeness (QED) is 0.278. The molecule has 1 N–H and O–H groups in total. The summed E-state index contributed by atoms with van der Waals surface area (Å²) >= 11 is 0. The second kappa shape index (κ2) is 7.96. The average Bonchev–Trinajstić information content (AvgIpc) is 3.43. The zero-order valence-electron chi connectivity index (χ0n) is 19.1. The van der Waals surface area contributed by atoms with Crippen LogP contribution >= 0.6 is 0 Å². The number of nitrogens with one attached hydrogen (secondary N) is 1. The summed E-state index contributed by atoms with van der Waals surface area (Å²) in [6, 6.07) is 44.8. The zero-order valence-corrected chi connectivity index (χ0v) is 19.1. The Kier molecular flexibility index (Phi) is 4.49. The fraction of sp³-hybridized carbons (Fsp3) is 0. The first-order chi connectivity index (χ1) is 17.4. The lowest BCUT2D eigenvalue weighted by atomic mass is 9.98. The molecule has 2 heteroatoms. The molecule has 0 atom stereocenters. The van der Waals surface area contributed by atoms with E-state index < -0.39 is 0 Å². The van der Waals surface area contributed by atoms with E-state index in [1.807, 2.05) is 0 Å². The molecule has 0 heterocycles. The monoisotopic (exact) mass is 446 g/mol. The van der Waals surface area contributed by atoms with Crippen molar-refractivity contribution >= 4 is 17.0 Å². The lowest BCUT2D eigenvalue weighted by Gasteiger charge is -2.15. The third-order valence-corrected chi connectivity index (χ3v) is 6.93. The molecule has 0 saturated heterocycles. The summed E-state index contributed by atoms with van der Waals surface area (Å²) in [6.45, 7) is 0. The van der Waals surface area contributed by atoms with E-state index in [2.05, 4.69) is 133 Å². The van der Waals surface area contributed by atoms with Crippen molar-refractivity contribution < 1.29 is 0 Å². The smallest absolute Gasteiger partial charge is 0.0990 e. The molecule has 0 amide bonds. The number of fused-ring (bicyclic) bond motifs is 6. The van der Waals surface area contributed by atoms with Gasteiger partial charge in [-0.1, -0.05) is 127 Å². The molecular weight excluding hydrogens is 424 g/mol. The van der Waals surface area contributed by atoms with Crippen molar-refractivity contribution in [3.05, 3.63) is 155 Å². The molecule has 0 unspecified atom stereocenters. The van der Waals surface area contributed by atoms with E-state index in [0.29, 0.717) is 0 Å². The van der Waals surface area contributed by atoms with Gasteiger partial charge in [-0.15, -0.1) is 0 Å². The van der Waals surface area contributed by atoms with Crippen LogP contribution < -0.4 is 5.43 Å². The molecule has 0 saturated carbocycles. The van der Waals surface area contributed by atoms with Gasteiger partial charge in [0.1, 0.15) is 0 Å². The van der Waals surface area contributed by atoms with E-state index in [9.17, 15) is 0 Å². The normalized spacial score (nSPS) is 12.5. The van der Waals surface area contributed by atoms with Gasteiger partial charge in [-0.05, 0) is 33.4 Å². The number of nitrogens with zero attached hydrogens (tertiary/aromatic N) is 1. The molecule has 5 aromatic carbocycles. The number of rotatable bonds is 3. The van der Waals surface area contributed by atoms with Gasteiger partial charge in [0.2, 0.25) is 0 Å². The Morgan fingerprint density at radius 1 is 0.400 bits per heavy atom. The van der Waals surface area contributed by atoms with Crippen molar-refractivity contribution in [2.45, 2.75) is 0 Å². The number of benzene rings is 5. The lowest BCUT2D eigenvalue weighted by molar-refractivity contribution is 0.994. The SMILES string of the molecule is c1ccc(C(NN=C2c3ccccc3-c3ccccc32)=C2c3ccccc3-c3ccccc32)cc1. The van der Waals surface area contributed by atoms with Gasteiger partial charge in [-0.25, -0.2) is 0 Å². The fourth-order valence-electron chi connectivity index (χ4n) is 5.38. The Morgan fingerprint density at radius 3 is 1.26 bits per heavy atom. The topological polar surface area (TPSA) is 24.4 Å². The van der Waals surface area contributed by atoms with E-state index >= 15 is 0 Å². The molecule has 164 valence electrons. The predicted molar refractivity (Wildman–Crippen MR) is 145 cm³/mol. The van der Waals surface area contributed by atoms with E-state index in [1.165, 1.54) is 39.0 Å². The van der Waals surface area contributed by atoms with Crippen molar-refractivity contribution in [1.82, 2.24) is 5.43 Å². The number of hydrazone groups is 1. The Bertz CT molecular complexity index is 1560. The largest absolute Gasteiger partial charge is 0.277 e. The molecule has 0 radical (unpaired) electrons. The van der Waals surface area contributed by atoms with E-state index in [-0.39, 0.29) is 0 Å². The van der Waals surface area contributed by atoms with Crippen molar-refractivity contribution in [1.29, 1.82) is 0 Å². The maximum atomic E-state index is 5.08. The van der Waals surface area contributed by atoms with Crippen LogP contribution in [0.25, 0.3) is 33.5 Å². The first kappa shape index (κ1) is 19.7. The van der Waals surface area contributed by atoms with Gasteiger partial charge >= 0.3 is 0 Å². The highest BCUT2D eigenvalue weighted by molar-refractivity contribution is 6.24. The van der Waals surface area contributed by atoms with E-state index in [4.69, 9.17) is 5.10 Å². The van der Waals surface area contributed by atoms with Crippen LogP contribution in [-0.4, -0.2) is 5.71 Å². The molecular formula is C33H22N2. The molecule has 2 aliphatic rings. The summed E-state index contributed by atoms with van der Waals surface area (Å²) in [6.07, 6.45) is 0. The highest BCUT2D eigenvalue weighted by Gasteiger charge is 2.27. The molecule has 0 fully saturated rings. The molecule has 0 aliphatic heterocycles. The van der Waals surface area contributed by atoms with Crippen LogP contribution in [0, 0.1) is 0 Å². The minimum atomic E-state index is 0.977. The average molecular weight is 447 g/mol. The Labute approximate surface area is 204 Å². The summed E-state index contributed by atoms with van der Waals surface area (Å²) in [5, 5.41) is 5.08. The summed E-state index contributed by atoms with van der Waals surface area (Å²) in [5.74, 6) is 0. The second-order valence-electron chi connectivity index (χ2n) is 8.87. The van der Waals surface area contributed by atoms with Crippen LogP contribution in [0.5, 0.6) is 0 Å². The van der Waals surface area contributed by atoms with Gasteiger partial charge in [0, 0.05) is 22.3 Å². The fourth-order valence-corrected chi connectivity index (χ4v) is 5.38. The standard InChI is InChI=1S/C33H22N2/c1-2-12-22(13-3-1)32(31-27-18-8-4-14-23(27)24-15-5-9-19-28(24)31)34-35-33-29-20-10-6-16-25(29)26-17-7-11-21-30(26)33/h1-21,34H. The van der Waals surface area contributed by atoms with Crippen molar-refractivity contribution in [3.8, 4) is 22.3 Å². The van der Waals surface area contributed by atoms with Crippen LogP contribution in [0.4, 0.5) is 0 Å². The summed E-state index contributed by atoms with van der Waals surface area (Å²) in [5.41, 5.74) is 17.6.